The van der Waals surface area contributed by atoms with E-state index in [1.54, 1.807) is 30.3 Å². The van der Waals surface area contributed by atoms with Gasteiger partial charge in [-0.1, -0.05) is 29.8 Å². The van der Waals surface area contributed by atoms with Gasteiger partial charge >= 0.3 is 0 Å². The first-order valence-electron chi connectivity index (χ1n) is 7.42. The van der Waals surface area contributed by atoms with Crippen LogP contribution in [0.15, 0.2) is 41.3 Å². The zero-order chi connectivity index (χ0) is 17.0. The number of allylic oxidation sites excluding steroid dienone is 1. The zero-order valence-corrected chi connectivity index (χ0v) is 14.3. The average molecular weight is 338 g/mol. The first-order chi connectivity index (χ1) is 10.8. The molecule has 1 amide bonds. The first-order valence-corrected chi connectivity index (χ1v) is 8.91. The van der Waals surface area contributed by atoms with Crippen molar-refractivity contribution in [1.82, 2.24) is 9.79 Å². The van der Waals surface area contributed by atoms with E-state index in [9.17, 15) is 13.2 Å². The molecule has 0 spiro atoms. The van der Waals surface area contributed by atoms with E-state index in [1.165, 1.54) is 14.2 Å². The molecule has 1 aromatic carbocycles. The van der Waals surface area contributed by atoms with Gasteiger partial charge in [0.25, 0.3) is 5.91 Å². The van der Waals surface area contributed by atoms with Crippen molar-refractivity contribution >= 4 is 15.9 Å². The fourth-order valence-electron chi connectivity index (χ4n) is 2.52. The van der Waals surface area contributed by atoms with Gasteiger partial charge in [-0.3, -0.25) is 9.63 Å². The number of amides is 1. The summed E-state index contributed by atoms with van der Waals surface area (Å²) in [6, 6.07) is 6.02. The molecule has 1 N–H and O–H groups in total. The van der Waals surface area contributed by atoms with Crippen LogP contribution in [-0.2, 0) is 19.7 Å². The molecule has 0 heterocycles. The van der Waals surface area contributed by atoms with Crippen LogP contribution in [0, 0.1) is 12.8 Å². The highest BCUT2D eigenvalue weighted by Crippen LogP contribution is 2.23. The van der Waals surface area contributed by atoms with Gasteiger partial charge in [-0.15, -0.1) is 0 Å². The van der Waals surface area contributed by atoms with Gasteiger partial charge in [0, 0.05) is 7.05 Å². The quantitative estimate of drug-likeness (QED) is 0.654. The second kappa shape index (κ2) is 7.25. The molecule has 6 nitrogen and oxygen atoms in total. The number of nitrogens with zero attached hydrogens (tertiary/aromatic N) is 1. The molecule has 0 saturated heterocycles. The number of sulfonamides is 1. The molecule has 0 unspecified atom stereocenters. The molecule has 0 aromatic heterocycles. The molecular formula is C16H22N2O4S. The number of rotatable bonds is 5. The molecule has 23 heavy (non-hydrogen) atoms. The number of benzene rings is 1. The molecule has 1 aliphatic carbocycles. The van der Waals surface area contributed by atoms with E-state index in [4.69, 9.17) is 4.84 Å². The average Bonchev–Trinajstić information content (AvgIpc) is 2.54. The summed E-state index contributed by atoms with van der Waals surface area (Å²) >= 11 is 0. The Labute approximate surface area is 137 Å². The normalized spacial score (nSPS) is 21.2. The van der Waals surface area contributed by atoms with Gasteiger partial charge in [-0.25, -0.2) is 18.2 Å². The highest BCUT2D eigenvalue weighted by molar-refractivity contribution is 7.89. The topological polar surface area (TPSA) is 75.7 Å². The van der Waals surface area contributed by atoms with Crippen LogP contribution in [-0.4, -0.2) is 39.6 Å². The van der Waals surface area contributed by atoms with Crippen molar-refractivity contribution in [2.24, 2.45) is 5.92 Å². The molecule has 2 atom stereocenters. The minimum absolute atomic E-state index is 0.188. The van der Waals surface area contributed by atoms with Crippen LogP contribution in [0.25, 0.3) is 0 Å². The third-order valence-corrected chi connectivity index (χ3v) is 5.42. The Balaban J connectivity index is 2.21. The summed E-state index contributed by atoms with van der Waals surface area (Å²) in [6.07, 6.45) is 4.93. The van der Waals surface area contributed by atoms with E-state index in [1.807, 2.05) is 13.0 Å². The summed E-state index contributed by atoms with van der Waals surface area (Å²) in [7, 11) is -0.763. The lowest BCUT2D eigenvalue weighted by Crippen LogP contribution is -2.47. The Morgan fingerprint density at radius 1 is 1.30 bits per heavy atom. The fraction of sp³-hybridized carbons (Fsp3) is 0.438. The van der Waals surface area contributed by atoms with E-state index >= 15 is 0 Å². The molecule has 7 heteroatoms. The molecule has 1 aromatic rings. The lowest BCUT2D eigenvalue weighted by atomic mass is 9.89. The second-order valence-electron chi connectivity index (χ2n) is 5.59. The van der Waals surface area contributed by atoms with Crippen molar-refractivity contribution in [2.75, 3.05) is 14.2 Å². The molecule has 2 rings (SSSR count). The summed E-state index contributed by atoms with van der Waals surface area (Å²) in [5, 5.41) is 1.14. The monoisotopic (exact) mass is 338 g/mol. The molecule has 0 fully saturated rings. The largest absolute Gasteiger partial charge is 0.275 e. The smallest absolute Gasteiger partial charge is 0.250 e. The van der Waals surface area contributed by atoms with Crippen molar-refractivity contribution in [2.45, 2.75) is 30.7 Å². The SMILES string of the molecule is CON(C)C(=O)[C@@H]1CCC=C[C@@H]1NS(=O)(=O)c1ccc(C)cc1. The molecule has 0 radical (unpaired) electrons. The third-order valence-electron chi connectivity index (χ3n) is 3.95. The molecule has 0 aliphatic heterocycles. The summed E-state index contributed by atoms with van der Waals surface area (Å²) < 4.78 is 27.7. The fourth-order valence-corrected chi connectivity index (χ4v) is 3.75. The standard InChI is InChI=1S/C16H22N2O4S/c1-12-8-10-13(11-9-12)23(20,21)17-15-7-5-4-6-14(15)16(19)18(2)22-3/h5,7-11,14-15,17H,4,6H2,1-3H3/t14-,15+/m1/s1. The Morgan fingerprint density at radius 3 is 2.57 bits per heavy atom. The van der Waals surface area contributed by atoms with E-state index in [0.29, 0.717) is 6.42 Å². The number of nitrogens with one attached hydrogen (secondary N) is 1. The molecule has 0 bridgehead atoms. The van der Waals surface area contributed by atoms with Crippen molar-refractivity contribution in [1.29, 1.82) is 0 Å². The molecule has 0 saturated carbocycles. The van der Waals surface area contributed by atoms with E-state index in [2.05, 4.69) is 4.72 Å². The minimum Gasteiger partial charge on any atom is -0.275 e. The minimum atomic E-state index is -3.69. The predicted molar refractivity (Wildman–Crippen MR) is 86.9 cm³/mol. The lowest BCUT2D eigenvalue weighted by Gasteiger charge is -2.29. The summed E-state index contributed by atoms with van der Waals surface area (Å²) in [6.45, 7) is 1.89. The summed E-state index contributed by atoms with van der Waals surface area (Å²) in [5.41, 5.74) is 0.983. The van der Waals surface area contributed by atoms with Crippen molar-refractivity contribution in [3.63, 3.8) is 0 Å². The van der Waals surface area contributed by atoms with Crippen LogP contribution >= 0.6 is 0 Å². The molecule has 1 aliphatic rings. The van der Waals surface area contributed by atoms with E-state index in [-0.39, 0.29) is 10.8 Å². The maximum Gasteiger partial charge on any atom is 0.250 e. The Morgan fingerprint density at radius 2 is 1.96 bits per heavy atom. The van der Waals surface area contributed by atoms with Gasteiger partial charge in [-0.2, -0.15) is 0 Å². The van der Waals surface area contributed by atoms with Crippen LogP contribution in [0.5, 0.6) is 0 Å². The highest BCUT2D eigenvalue weighted by Gasteiger charge is 2.33. The Kier molecular flexibility index (Phi) is 5.56. The molecular weight excluding hydrogens is 316 g/mol. The lowest BCUT2D eigenvalue weighted by molar-refractivity contribution is -0.174. The van der Waals surface area contributed by atoms with Crippen LogP contribution in [0.2, 0.25) is 0 Å². The Bertz CT molecular complexity index is 683. The van der Waals surface area contributed by atoms with Crippen LogP contribution in [0.1, 0.15) is 18.4 Å². The van der Waals surface area contributed by atoms with Gasteiger partial charge < -0.3 is 0 Å². The van der Waals surface area contributed by atoms with Gasteiger partial charge in [0.05, 0.1) is 24.0 Å². The van der Waals surface area contributed by atoms with Crippen LogP contribution in [0.3, 0.4) is 0 Å². The van der Waals surface area contributed by atoms with Crippen LogP contribution in [0.4, 0.5) is 0 Å². The second-order valence-corrected chi connectivity index (χ2v) is 7.30. The van der Waals surface area contributed by atoms with E-state index in [0.717, 1.165) is 17.0 Å². The summed E-state index contributed by atoms with van der Waals surface area (Å²) in [5.74, 6) is -0.723. The first kappa shape index (κ1) is 17.7. The molecule has 126 valence electrons. The van der Waals surface area contributed by atoms with Gasteiger partial charge in [0.1, 0.15) is 0 Å². The van der Waals surface area contributed by atoms with Gasteiger partial charge in [0.15, 0.2) is 0 Å². The zero-order valence-electron chi connectivity index (χ0n) is 13.5. The third kappa shape index (κ3) is 4.19. The number of hydrogen-bond acceptors (Lipinski definition) is 4. The number of hydroxylamine groups is 2. The number of carbonyl (C=O) groups is 1. The number of aryl methyl sites for hydroxylation is 1. The number of carbonyl (C=O) groups excluding carboxylic acids is 1. The van der Waals surface area contributed by atoms with Crippen molar-refractivity contribution < 1.29 is 18.0 Å². The highest BCUT2D eigenvalue weighted by atomic mass is 32.2. The van der Waals surface area contributed by atoms with Crippen molar-refractivity contribution in [3.8, 4) is 0 Å². The maximum absolute atomic E-state index is 12.5. The maximum atomic E-state index is 12.5. The summed E-state index contributed by atoms with van der Waals surface area (Å²) in [4.78, 5) is 17.5. The number of hydrogen-bond donors (Lipinski definition) is 1. The predicted octanol–water partition coefficient (Wildman–Crippen LogP) is 1.63. The van der Waals surface area contributed by atoms with Crippen molar-refractivity contribution in [3.05, 3.63) is 42.0 Å². The van der Waals surface area contributed by atoms with Crippen LogP contribution < -0.4 is 4.72 Å². The van der Waals surface area contributed by atoms with Gasteiger partial charge in [-0.05, 0) is 31.9 Å². The van der Waals surface area contributed by atoms with Gasteiger partial charge in [0.2, 0.25) is 10.0 Å². The Hall–Kier alpha value is -1.70. The van der Waals surface area contributed by atoms with E-state index < -0.39 is 22.0 Å².